The number of hydrogen-bond acceptors (Lipinski definition) is 4. The predicted molar refractivity (Wildman–Crippen MR) is 90.1 cm³/mol. The molecule has 1 fully saturated rings. The van der Waals surface area contributed by atoms with Crippen molar-refractivity contribution in [3.8, 4) is 5.75 Å². The third kappa shape index (κ3) is 7.21. The fourth-order valence-electron chi connectivity index (χ4n) is 2.57. The first-order valence-electron chi connectivity index (χ1n) is 8.03. The van der Waals surface area contributed by atoms with Crippen LogP contribution in [0.5, 0.6) is 5.75 Å². The molecule has 3 nitrogen and oxygen atoms in total. The molecule has 0 spiro atoms. The Morgan fingerprint density at radius 1 is 1.19 bits per heavy atom. The zero-order valence-corrected chi connectivity index (χ0v) is 13.5. The Morgan fingerprint density at radius 2 is 1.95 bits per heavy atom. The van der Waals surface area contributed by atoms with Gasteiger partial charge in [0, 0.05) is 24.1 Å². The molecule has 4 heteroatoms. The molecule has 0 aliphatic heterocycles. The topological polar surface area (TPSA) is 41.5 Å². The highest BCUT2D eigenvalue weighted by Crippen LogP contribution is 2.27. The van der Waals surface area contributed by atoms with Gasteiger partial charge in [-0.3, -0.25) is 0 Å². The number of ether oxygens (including phenoxy) is 1. The number of hydrogen-bond donors (Lipinski definition) is 2. The van der Waals surface area contributed by atoms with E-state index < -0.39 is 6.10 Å². The number of rotatable bonds is 9. The van der Waals surface area contributed by atoms with Crippen LogP contribution in [0, 0.1) is 0 Å². The van der Waals surface area contributed by atoms with Crippen molar-refractivity contribution < 1.29 is 9.84 Å². The van der Waals surface area contributed by atoms with Gasteiger partial charge in [0.15, 0.2) is 0 Å². The van der Waals surface area contributed by atoms with E-state index in [1.165, 1.54) is 32.1 Å². The van der Waals surface area contributed by atoms with E-state index in [1.807, 2.05) is 30.3 Å². The van der Waals surface area contributed by atoms with Gasteiger partial charge in [0.2, 0.25) is 0 Å². The molecule has 0 amide bonds. The highest BCUT2D eigenvalue weighted by Gasteiger charge is 2.13. The summed E-state index contributed by atoms with van der Waals surface area (Å²) in [5, 5.41) is 14.0. The summed E-state index contributed by atoms with van der Waals surface area (Å²) in [7, 11) is 0. The molecule has 1 unspecified atom stereocenters. The first kappa shape index (κ1) is 16.7. The second kappa shape index (κ2) is 10.1. The van der Waals surface area contributed by atoms with Crippen LogP contribution >= 0.6 is 11.8 Å². The van der Waals surface area contributed by atoms with Crippen LogP contribution in [0.15, 0.2) is 30.3 Å². The summed E-state index contributed by atoms with van der Waals surface area (Å²) < 4.78 is 5.52. The monoisotopic (exact) mass is 309 g/mol. The summed E-state index contributed by atoms with van der Waals surface area (Å²) in [6.07, 6.45) is 6.55. The highest BCUT2D eigenvalue weighted by atomic mass is 32.2. The van der Waals surface area contributed by atoms with Gasteiger partial charge in [0.25, 0.3) is 0 Å². The minimum atomic E-state index is -0.454. The number of thioether (sulfide) groups is 1. The molecule has 1 atom stereocenters. The Labute approximate surface area is 132 Å². The minimum Gasteiger partial charge on any atom is -0.491 e. The molecule has 1 aromatic rings. The van der Waals surface area contributed by atoms with Crippen LogP contribution in [0.2, 0.25) is 0 Å². The van der Waals surface area contributed by atoms with Crippen molar-refractivity contribution in [1.82, 2.24) is 5.32 Å². The second-order valence-corrected chi connectivity index (χ2v) is 7.02. The third-order valence-electron chi connectivity index (χ3n) is 3.75. The number of benzene rings is 1. The highest BCUT2D eigenvalue weighted by molar-refractivity contribution is 7.99. The van der Waals surface area contributed by atoms with E-state index >= 15 is 0 Å². The van der Waals surface area contributed by atoms with E-state index in [2.05, 4.69) is 17.1 Å². The first-order valence-corrected chi connectivity index (χ1v) is 9.07. The summed E-state index contributed by atoms with van der Waals surface area (Å²) in [5.41, 5.74) is 0. The number of para-hydroxylation sites is 1. The van der Waals surface area contributed by atoms with E-state index in [4.69, 9.17) is 4.74 Å². The van der Waals surface area contributed by atoms with Gasteiger partial charge in [-0.1, -0.05) is 37.5 Å². The lowest BCUT2D eigenvalue weighted by molar-refractivity contribution is 0.107. The van der Waals surface area contributed by atoms with Crippen LogP contribution < -0.4 is 10.1 Å². The van der Waals surface area contributed by atoms with Gasteiger partial charge < -0.3 is 15.2 Å². The summed E-state index contributed by atoms with van der Waals surface area (Å²) in [6, 6.07) is 9.63. The molecule has 1 saturated carbocycles. The van der Waals surface area contributed by atoms with E-state index in [-0.39, 0.29) is 0 Å². The Hall–Kier alpha value is -0.710. The molecular formula is C17H27NO2S. The standard InChI is InChI=1S/C17H27NO2S/c19-15(14-20-16-7-3-1-4-8-16)13-18-11-12-21-17-9-5-2-6-10-17/h1,3-4,7-8,15,17-19H,2,5-6,9-14H2. The van der Waals surface area contributed by atoms with Gasteiger partial charge >= 0.3 is 0 Å². The largest absolute Gasteiger partial charge is 0.491 e. The van der Waals surface area contributed by atoms with Crippen molar-refractivity contribution in [2.24, 2.45) is 0 Å². The Bertz CT molecular complexity index is 368. The molecule has 0 radical (unpaired) electrons. The van der Waals surface area contributed by atoms with Crippen molar-refractivity contribution in [2.45, 2.75) is 43.5 Å². The third-order valence-corrected chi connectivity index (χ3v) is 5.13. The Kier molecular flexibility index (Phi) is 8.00. The fraction of sp³-hybridized carbons (Fsp3) is 0.647. The van der Waals surface area contributed by atoms with Gasteiger partial charge in [-0.15, -0.1) is 0 Å². The van der Waals surface area contributed by atoms with Crippen LogP contribution in [0.4, 0.5) is 0 Å². The van der Waals surface area contributed by atoms with Crippen molar-refractivity contribution in [3.05, 3.63) is 30.3 Å². The van der Waals surface area contributed by atoms with Crippen LogP contribution in [0.3, 0.4) is 0 Å². The molecule has 2 rings (SSSR count). The number of aliphatic hydroxyl groups is 1. The molecule has 1 aliphatic carbocycles. The summed E-state index contributed by atoms with van der Waals surface area (Å²) in [6.45, 7) is 1.90. The molecule has 0 aromatic heterocycles. The van der Waals surface area contributed by atoms with Crippen molar-refractivity contribution in [1.29, 1.82) is 0 Å². The fourth-order valence-corrected chi connectivity index (χ4v) is 3.83. The average Bonchev–Trinajstić information content (AvgIpc) is 2.54. The van der Waals surface area contributed by atoms with E-state index in [1.54, 1.807) is 0 Å². The predicted octanol–water partition coefficient (Wildman–Crippen LogP) is 3.08. The van der Waals surface area contributed by atoms with Crippen LogP contribution in [0.1, 0.15) is 32.1 Å². The second-order valence-electron chi connectivity index (χ2n) is 5.61. The zero-order valence-electron chi connectivity index (χ0n) is 12.7. The molecule has 1 aliphatic rings. The molecule has 1 aromatic carbocycles. The zero-order chi connectivity index (χ0) is 14.8. The van der Waals surface area contributed by atoms with Crippen LogP contribution in [0.25, 0.3) is 0 Å². The molecule has 118 valence electrons. The normalized spacial score (nSPS) is 17.6. The Morgan fingerprint density at radius 3 is 2.71 bits per heavy atom. The maximum absolute atomic E-state index is 9.86. The van der Waals surface area contributed by atoms with E-state index in [0.717, 1.165) is 23.3 Å². The maximum Gasteiger partial charge on any atom is 0.119 e. The number of aliphatic hydroxyl groups excluding tert-OH is 1. The van der Waals surface area contributed by atoms with Crippen molar-refractivity contribution >= 4 is 11.8 Å². The first-order chi connectivity index (χ1) is 10.3. The van der Waals surface area contributed by atoms with E-state index in [9.17, 15) is 5.11 Å². The molecule has 2 N–H and O–H groups in total. The van der Waals surface area contributed by atoms with Gasteiger partial charge in [-0.05, 0) is 25.0 Å². The summed E-state index contributed by atoms with van der Waals surface area (Å²) >= 11 is 2.08. The van der Waals surface area contributed by atoms with Gasteiger partial charge in [0.05, 0.1) is 0 Å². The SMILES string of the molecule is OC(CNCCSC1CCCCC1)COc1ccccc1. The maximum atomic E-state index is 9.86. The Balaban J connectivity index is 1.46. The number of nitrogens with one attached hydrogen (secondary N) is 1. The molecule has 0 bridgehead atoms. The van der Waals surface area contributed by atoms with Crippen LogP contribution in [-0.4, -0.2) is 41.9 Å². The van der Waals surface area contributed by atoms with Gasteiger partial charge in [0.1, 0.15) is 18.5 Å². The lowest BCUT2D eigenvalue weighted by Crippen LogP contribution is -2.32. The average molecular weight is 309 g/mol. The summed E-state index contributed by atoms with van der Waals surface area (Å²) in [5.74, 6) is 1.95. The van der Waals surface area contributed by atoms with Crippen molar-refractivity contribution in [2.75, 3.05) is 25.4 Å². The molecule has 0 heterocycles. The lowest BCUT2D eigenvalue weighted by atomic mass is 10.0. The van der Waals surface area contributed by atoms with E-state index in [0.29, 0.717) is 13.2 Å². The van der Waals surface area contributed by atoms with Gasteiger partial charge in [-0.25, -0.2) is 0 Å². The smallest absolute Gasteiger partial charge is 0.119 e. The molecular weight excluding hydrogens is 282 g/mol. The molecule has 0 saturated heterocycles. The van der Waals surface area contributed by atoms with Crippen molar-refractivity contribution in [3.63, 3.8) is 0 Å². The lowest BCUT2D eigenvalue weighted by Gasteiger charge is -2.21. The quantitative estimate of drug-likeness (QED) is 0.688. The molecule has 21 heavy (non-hydrogen) atoms. The minimum absolute atomic E-state index is 0.340. The van der Waals surface area contributed by atoms with Crippen LogP contribution in [-0.2, 0) is 0 Å². The summed E-state index contributed by atoms with van der Waals surface area (Å²) in [4.78, 5) is 0. The van der Waals surface area contributed by atoms with Gasteiger partial charge in [-0.2, -0.15) is 11.8 Å².